The van der Waals surface area contributed by atoms with Crippen LogP contribution in [0.15, 0.2) is 42.5 Å². The van der Waals surface area contributed by atoms with E-state index in [0.717, 1.165) is 15.7 Å². The van der Waals surface area contributed by atoms with Crippen molar-refractivity contribution >= 4 is 40.2 Å². The number of ether oxygens (including phenoxy) is 1. The maximum absolute atomic E-state index is 13.4. The first kappa shape index (κ1) is 16.3. The first-order chi connectivity index (χ1) is 10.5. The Bertz CT molecular complexity index is 704. The Balaban J connectivity index is 1.90. The molecule has 0 aromatic heterocycles. The lowest BCUT2D eigenvalue weighted by Gasteiger charge is -2.07. The van der Waals surface area contributed by atoms with Crippen LogP contribution in [0.3, 0.4) is 0 Å². The molecule has 7 heteroatoms. The van der Waals surface area contributed by atoms with Crippen LogP contribution in [0.4, 0.5) is 14.5 Å². The van der Waals surface area contributed by atoms with Gasteiger partial charge in [-0.25, -0.2) is 13.6 Å². The summed E-state index contributed by atoms with van der Waals surface area (Å²) >= 11 is 2.12. The smallest absolute Gasteiger partial charge is 0.341 e. The maximum atomic E-state index is 13.4. The van der Waals surface area contributed by atoms with Crippen LogP contribution in [0.2, 0.25) is 0 Å². The summed E-state index contributed by atoms with van der Waals surface area (Å²) in [7, 11) is 0. The molecular weight excluding hydrogens is 407 g/mol. The molecule has 0 bridgehead atoms. The van der Waals surface area contributed by atoms with Gasteiger partial charge in [0, 0.05) is 15.3 Å². The van der Waals surface area contributed by atoms with Crippen molar-refractivity contribution in [3.8, 4) is 0 Å². The van der Waals surface area contributed by atoms with Crippen LogP contribution in [-0.2, 0) is 9.53 Å². The van der Waals surface area contributed by atoms with Crippen molar-refractivity contribution < 1.29 is 23.1 Å². The third kappa shape index (κ3) is 4.48. The van der Waals surface area contributed by atoms with E-state index in [0.29, 0.717) is 11.8 Å². The van der Waals surface area contributed by atoms with Crippen LogP contribution < -0.4 is 5.32 Å². The molecule has 2 aromatic carbocycles. The Morgan fingerprint density at radius 1 is 1.09 bits per heavy atom. The monoisotopic (exact) mass is 417 g/mol. The van der Waals surface area contributed by atoms with Gasteiger partial charge in [-0.05, 0) is 59.0 Å². The Morgan fingerprint density at radius 3 is 2.41 bits per heavy atom. The minimum absolute atomic E-state index is 0.427. The summed E-state index contributed by atoms with van der Waals surface area (Å²) in [4.78, 5) is 23.2. The number of carbonyl (C=O) groups excluding carboxylic acids is 2. The largest absolute Gasteiger partial charge is 0.452 e. The van der Waals surface area contributed by atoms with Gasteiger partial charge in [-0.3, -0.25) is 4.79 Å². The summed E-state index contributed by atoms with van der Waals surface area (Å²) in [5.74, 6) is -3.43. The van der Waals surface area contributed by atoms with Crippen LogP contribution in [0, 0.1) is 15.2 Å². The van der Waals surface area contributed by atoms with E-state index < -0.39 is 35.7 Å². The highest BCUT2D eigenvalue weighted by Gasteiger charge is 2.15. The van der Waals surface area contributed by atoms with Gasteiger partial charge in [0.25, 0.3) is 5.91 Å². The fourth-order valence-electron chi connectivity index (χ4n) is 1.59. The molecule has 1 amide bonds. The van der Waals surface area contributed by atoms with Crippen molar-refractivity contribution in [1.82, 2.24) is 0 Å². The highest BCUT2D eigenvalue weighted by Crippen LogP contribution is 2.12. The molecule has 0 radical (unpaired) electrons. The molecular formula is C15H10F2INO3. The van der Waals surface area contributed by atoms with Crippen molar-refractivity contribution in [2.75, 3.05) is 11.9 Å². The van der Waals surface area contributed by atoms with Gasteiger partial charge in [0.05, 0.1) is 5.56 Å². The zero-order valence-corrected chi connectivity index (χ0v) is 13.3. The lowest BCUT2D eigenvalue weighted by molar-refractivity contribution is -0.119. The molecule has 0 aliphatic heterocycles. The molecule has 0 unspecified atom stereocenters. The summed E-state index contributed by atoms with van der Waals surface area (Å²) in [6, 6.07) is 9.46. The molecule has 22 heavy (non-hydrogen) atoms. The number of hydrogen-bond donors (Lipinski definition) is 1. The van der Waals surface area contributed by atoms with E-state index in [9.17, 15) is 18.4 Å². The molecule has 0 saturated carbocycles. The van der Waals surface area contributed by atoms with Crippen LogP contribution in [0.5, 0.6) is 0 Å². The molecule has 1 N–H and O–H groups in total. The van der Waals surface area contributed by atoms with Crippen LogP contribution in [0.25, 0.3) is 0 Å². The molecule has 114 valence electrons. The molecule has 0 heterocycles. The van der Waals surface area contributed by atoms with Gasteiger partial charge >= 0.3 is 5.97 Å². The van der Waals surface area contributed by atoms with Crippen molar-refractivity contribution in [2.24, 2.45) is 0 Å². The fraction of sp³-hybridized carbons (Fsp3) is 0.0667. The van der Waals surface area contributed by atoms with Crippen LogP contribution in [0.1, 0.15) is 10.4 Å². The summed E-state index contributed by atoms with van der Waals surface area (Å²) in [6.07, 6.45) is 0. The number of carbonyl (C=O) groups is 2. The summed E-state index contributed by atoms with van der Waals surface area (Å²) < 4.78 is 31.8. The predicted molar refractivity (Wildman–Crippen MR) is 84.4 cm³/mol. The average Bonchev–Trinajstić information content (AvgIpc) is 2.47. The second kappa shape index (κ2) is 7.30. The van der Waals surface area contributed by atoms with Gasteiger partial charge in [-0.2, -0.15) is 0 Å². The third-order valence-electron chi connectivity index (χ3n) is 2.61. The second-order valence-electron chi connectivity index (χ2n) is 4.26. The van der Waals surface area contributed by atoms with Gasteiger partial charge in [0.15, 0.2) is 6.61 Å². The summed E-state index contributed by atoms with van der Waals surface area (Å²) in [5, 5.41) is 2.53. The first-order valence-electron chi connectivity index (χ1n) is 6.13. The van der Waals surface area contributed by atoms with Crippen molar-refractivity contribution in [3.05, 3.63) is 63.2 Å². The molecule has 0 atom stereocenters. The highest BCUT2D eigenvalue weighted by molar-refractivity contribution is 14.1. The van der Waals surface area contributed by atoms with Gasteiger partial charge in [0.1, 0.15) is 11.6 Å². The van der Waals surface area contributed by atoms with Crippen LogP contribution in [-0.4, -0.2) is 18.5 Å². The zero-order chi connectivity index (χ0) is 16.1. The van der Waals surface area contributed by atoms with Crippen molar-refractivity contribution in [1.29, 1.82) is 0 Å². The first-order valence-corrected chi connectivity index (χ1v) is 7.21. The topological polar surface area (TPSA) is 55.4 Å². The normalized spacial score (nSPS) is 10.1. The quantitative estimate of drug-likeness (QED) is 0.614. The van der Waals surface area contributed by atoms with E-state index in [1.54, 1.807) is 24.3 Å². The number of hydrogen-bond acceptors (Lipinski definition) is 3. The van der Waals surface area contributed by atoms with E-state index in [2.05, 4.69) is 27.9 Å². The molecule has 0 fully saturated rings. The molecule has 0 aliphatic carbocycles. The fourth-order valence-corrected chi connectivity index (χ4v) is 1.95. The summed E-state index contributed by atoms with van der Waals surface area (Å²) in [5.41, 5.74) is 0.123. The van der Waals surface area contributed by atoms with E-state index in [-0.39, 0.29) is 0 Å². The number of amides is 1. The van der Waals surface area contributed by atoms with Gasteiger partial charge in [-0.1, -0.05) is 0 Å². The van der Waals surface area contributed by atoms with Crippen molar-refractivity contribution in [2.45, 2.75) is 0 Å². The minimum atomic E-state index is -1.04. The van der Waals surface area contributed by atoms with Crippen LogP contribution >= 0.6 is 22.6 Å². The number of halogens is 3. The molecule has 0 saturated heterocycles. The molecule has 4 nitrogen and oxygen atoms in total. The number of benzene rings is 2. The van der Waals surface area contributed by atoms with Crippen molar-refractivity contribution in [3.63, 3.8) is 0 Å². The van der Waals surface area contributed by atoms with E-state index in [4.69, 9.17) is 4.74 Å². The Hall–Kier alpha value is -2.03. The SMILES string of the molecule is O=C(COC(=O)c1ccc(F)cc1F)Nc1ccc(I)cc1. The highest BCUT2D eigenvalue weighted by atomic mass is 127. The lowest BCUT2D eigenvalue weighted by atomic mass is 10.2. The maximum Gasteiger partial charge on any atom is 0.341 e. The van der Waals surface area contributed by atoms with Gasteiger partial charge in [-0.15, -0.1) is 0 Å². The Kier molecular flexibility index (Phi) is 5.42. The summed E-state index contributed by atoms with van der Waals surface area (Å²) in [6.45, 7) is -0.568. The third-order valence-corrected chi connectivity index (χ3v) is 3.33. The van der Waals surface area contributed by atoms with E-state index >= 15 is 0 Å². The Labute approximate surface area is 138 Å². The van der Waals surface area contributed by atoms with Gasteiger partial charge in [0.2, 0.25) is 0 Å². The number of nitrogens with one attached hydrogen (secondary N) is 1. The Morgan fingerprint density at radius 2 is 1.77 bits per heavy atom. The number of rotatable bonds is 4. The lowest BCUT2D eigenvalue weighted by Crippen LogP contribution is -2.21. The number of esters is 1. The second-order valence-corrected chi connectivity index (χ2v) is 5.50. The predicted octanol–water partition coefficient (Wildman–Crippen LogP) is 3.36. The minimum Gasteiger partial charge on any atom is -0.452 e. The molecule has 2 rings (SSSR count). The van der Waals surface area contributed by atoms with Gasteiger partial charge < -0.3 is 10.1 Å². The van der Waals surface area contributed by atoms with E-state index in [1.807, 2.05) is 0 Å². The average molecular weight is 417 g/mol. The molecule has 0 spiro atoms. The van der Waals surface area contributed by atoms with E-state index in [1.165, 1.54) is 0 Å². The standard InChI is InChI=1S/C15H10F2INO3/c16-9-1-6-12(13(17)7-9)15(21)22-8-14(20)19-11-4-2-10(18)3-5-11/h1-7H,8H2,(H,19,20). The number of anilines is 1. The molecule has 2 aromatic rings. The molecule has 0 aliphatic rings. The zero-order valence-electron chi connectivity index (χ0n) is 11.1.